The van der Waals surface area contributed by atoms with E-state index in [0.717, 1.165) is 38.4 Å². The number of guanidine groups is 1. The van der Waals surface area contributed by atoms with Crippen LogP contribution in [0.4, 0.5) is 0 Å². The van der Waals surface area contributed by atoms with Gasteiger partial charge in [-0.05, 0) is 39.4 Å². The van der Waals surface area contributed by atoms with Gasteiger partial charge in [-0.25, -0.2) is 0 Å². The van der Waals surface area contributed by atoms with Crippen LogP contribution in [0.15, 0.2) is 48.0 Å². The molecule has 0 spiro atoms. The Morgan fingerprint density at radius 3 is 2.46 bits per heavy atom. The van der Waals surface area contributed by atoms with E-state index in [9.17, 15) is 0 Å². The molecule has 0 heterocycles. The monoisotopic (exact) mass is 444 g/mol. The number of hydrogen-bond donors (Lipinski definition) is 1. The highest BCUT2D eigenvalue weighted by molar-refractivity contribution is 14.0. The molecule has 0 aromatic heterocycles. The maximum absolute atomic E-state index is 4.85. The third kappa shape index (κ3) is 8.15. The van der Waals surface area contributed by atoms with Crippen molar-refractivity contribution in [3.8, 4) is 0 Å². The first-order valence-electron chi connectivity index (χ1n) is 8.41. The molecular formula is C19H33IN4. The Morgan fingerprint density at radius 2 is 1.92 bits per heavy atom. The topological polar surface area (TPSA) is 30.9 Å². The first kappa shape index (κ1) is 22.9. The molecule has 0 radical (unpaired) electrons. The minimum atomic E-state index is 0. The third-order valence-electron chi connectivity index (χ3n) is 3.82. The van der Waals surface area contributed by atoms with Crippen molar-refractivity contribution in [2.45, 2.75) is 25.8 Å². The lowest BCUT2D eigenvalue weighted by molar-refractivity contribution is 0.305. The van der Waals surface area contributed by atoms with Gasteiger partial charge in [-0.3, -0.25) is 4.99 Å². The molecule has 0 saturated heterocycles. The molecule has 24 heavy (non-hydrogen) atoms. The summed E-state index contributed by atoms with van der Waals surface area (Å²) in [5.74, 6) is 0.972. The average molecular weight is 444 g/mol. The molecule has 1 aromatic carbocycles. The van der Waals surface area contributed by atoms with Crippen molar-refractivity contribution < 1.29 is 0 Å². The van der Waals surface area contributed by atoms with Gasteiger partial charge in [0, 0.05) is 20.1 Å². The second kappa shape index (κ2) is 13.2. The van der Waals surface area contributed by atoms with E-state index < -0.39 is 0 Å². The van der Waals surface area contributed by atoms with Gasteiger partial charge in [-0.15, -0.1) is 30.6 Å². The molecule has 0 fully saturated rings. The van der Waals surface area contributed by atoms with Gasteiger partial charge in [0.25, 0.3) is 0 Å². The van der Waals surface area contributed by atoms with Gasteiger partial charge in [0.05, 0.1) is 12.6 Å². The Morgan fingerprint density at radius 1 is 1.25 bits per heavy atom. The summed E-state index contributed by atoms with van der Waals surface area (Å²) in [5.41, 5.74) is 1.30. The molecule has 4 nitrogen and oxygen atoms in total. The molecular weight excluding hydrogens is 411 g/mol. The standard InChI is InChI=1S/C19H32N4.HI/c1-6-8-12-15-23(5)19(20-7-2)21-16-18(22(3)4)17-13-10-9-11-14-17;/h6,9-11,13-14,18H,1,7-8,12,15-16H2,2-5H3,(H,20,21);1H. The highest BCUT2D eigenvalue weighted by Crippen LogP contribution is 2.18. The number of nitrogens with zero attached hydrogens (tertiary/aromatic N) is 3. The molecule has 1 atom stereocenters. The number of aliphatic imine (C=N–C) groups is 1. The predicted octanol–water partition coefficient (Wildman–Crippen LogP) is 3.77. The van der Waals surface area contributed by atoms with Crippen LogP contribution in [-0.4, -0.2) is 56.5 Å². The van der Waals surface area contributed by atoms with E-state index in [1.807, 2.05) is 6.08 Å². The molecule has 0 aliphatic heterocycles. The van der Waals surface area contributed by atoms with E-state index >= 15 is 0 Å². The predicted molar refractivity (Wildman–Crippen MR) is 116 cm³/mol. The van der Waals surface area contributed by atoms with Crippen molar-refractivity contribution in [2.24, 2.45) is 4.99 Å². The Bertz CT molecular complexity index is 474. The van der Waals surface area contributed by atoms with Gasteiger partial charge >= 0.3 is 0 Å². The average Bonchev–Trinajstić information content (AvgIpc) is 2.55. The summed E-state index contributed by atoms with van der Waals surface area (Å²) in [7, 11) is 6.31. The first-order valence-corrected chi connectivity index (χ1v) is 8.41. The smallest absolute Gasteiger partial charge is 0.193 e. The first-order chi connectivity index (χ1) is 11.1. The summed E-state index contributed by atoms with van der Waals surface area (Å²) < 4.78 is 0. The number of unbranched alkanes of at least 4 members (excludes halogenated alkanes) is 1. The van der Waals surface area contributed by atoms with E-state index in [-0.39, 0.29) is 30.0 Å². The normalized spacial score (nSPS) is 12.5. The van der Waals surface area contributed by atoms with E-state index in [0.29, 0.717) is 0 Å². The van der Waals surface area contributed by atoms with Crippen LogP contribution in [0.1, 0.15) is 31.4 Å². The summed E-state index contributed by atoms with van der Waals surface area (Å²) in [6.07, 6.45) is 4.10. The number of halogens is 1. The second-order valence-corrected chi connectivity index (χ2v) is 5.94. The van der Waals surface area contributed by atoms with Crippen molar-refractivity contribution in [1.29, 1.82) is 0 Å². The molecule has 5 heteroatoms. The van der Waals surface area contributed by atoms with Gasteiger partial charge < -0.3 is 15.1 Å². The second-order valence-electron chi connectivity index (χ2n) is 5.94. The quantitative estimate of drug-likeness (QED) is 0.207. The van der Waals surface area contributed by atoms with Crippen molar-refractivity contribution >= 4 is 29.9 Å². The molecule has 1 rings (SSSR count). The molecule has 1 unspecified atom stereocenters. The summed E-state index contributed by atoms with van der Waals surface area (Å²) in [4.78, 5) is 9.28. The van der Waals surface area contributed by atoms with Crippen molar-refractivity contribution in [3.63, 3.8) is 0 Å². The zero-order valence-electron chi connectivity index (χ0n) is 15.5. The Kier molecular flexibility index (Phi) is 12.6. The fourth-order valence-corrected chi connectivity index (χ4v) is 2.46. The minimum Gasteiger partial charge on any atom is -0.357 e. The van der Waals surface area contributed by atoms with Gasteiger partial charge in [0.2, 0.25) is 0 Å². The van der Waals surface area contributed by atoms with Gasteiger partial charge in [0.1, 0.15) is 0 Å². The molecule has 0 bridgehead atoms. The lowest BCUT2D eigenvalue weighted by atomic mass is 10.1. The molecule has 136 valence electrons. The Balaban J connectivity index is 0.00000529. The third-order valence-corrected chi connectivity index (χ3v) is 3.82. The van der Waals surface area contributed by atoms with Crippen LogP contribution in [0, 0.1) is 0 Å². The molecule has 0 aliphatic rings. The van der Waals surface area contributed by atoms with Crippen LogP contribution in [-0.2, 0) is 0 Å². The zero-order valence-corrected chi connectivity index (χ0v) is 17.9. The molecule has 0 aliphatic carbocycles. The van der Waals surface area contributed by atoms with E-state index in [4.69, 9.17) is 4.99 Å². The van der Waals surface area contributed by atoms with Gasteiger partial charge in [0.15, 0.2) is 5.96 Å². The summed E-state index contributed by atoms with van der Waals surface area (Å²) in [5, 5.41) is 3.39. The summed E-state index contributed by atoms with van der Waals surface area (Å²) >= 11 is 0. The fourth-order valence-electron chi connectivity index (χ4n) is 2.46. The van der Waals surface area contributed by atoms with Crippen LogP contribution < -0.4 is 5.32 Å². The van der Waals surface area contributed by atoms with E-state index in [1.165, 1.54) is 5.56 Å². The summed E-state index contributed by atoms with van der Waals surface area (Å²) in [6, 6.07) is 10.8. The van der Waals surface area contributed by atoms with Gasteiger partial charge in [-0.2, -0.15) is 0 Å². The minimum absolute atomic E-state index is 0. The van der Waals surface area contributed by atoms with E-state index in [1.54, 1.807) is 0 Å². The number of nitrogens with one attached hydrogen (secondary N) is 1. The molecule has 0 amide bonds. The highest BCUT2D eigenvalue weighted by Gasteiger charge is 2.14. The maximum Gasteiger partial charge on any atom is 0.193 e. The van der Waals surface area contributed by atoms with E-state index in [2.05, 4.69) is 80.1 Å². The SMILES string of the molecule is C=CCCCN(C)C(=NCC(c1ccccc1)N(C)C)NCC.I. The Hall–Kier alpha value is -1.08. The maximum atomic E-state index is 4.85. The lowest BCUT2D eigenvalue weighted by Gasteiger charge is -2.26. The number of allylic oxidation sites excluding steroid dienone is 1. The Labute approximate surface area is 165 Å². The highest BCUT2D eigenvalue weighted by atomic mass is 127. The van der Waals surface area contributed by atoms with Crippen LogP contribution in [0.25, 0.3) is 0 Å². The lowest BCUT2D eigenvalue weighted by Crippen LogP contribution is -2.40. The fraction of sp³-hybridized carbons (Fsp3) is 0.526. The van der Waals surface area contributed by atoms with Crippen LogP contribution >= 0.6 is 24.0 Å². The zero-order chi connectivity index (χ0) is 17.1. The number of benzene rings is 1. The van der Waals surface area contributed by atoms with Crippen molar-refractivity contribution in [2.75, 3.05) is 40.8 Å². The van der Waals surface area contributed by atoms with Crippen molar-refractivity contribution in [3.05, 3.63) is 48.6 Å². The van der Waals surface area contributed by atoms with Crippen LogP contribution in [0.5, 0.6) is 0 Å². The number of likely N-dealkylation sites (N-methyl/N-ethyl adjacent to an activating group) is 1. The number of rotatable bonds is 9. The summed E-state index contributed by atoms with van der Waals surface area (Å²) in [6.45, 7) is 8.49. The van der Waals surface area contributed by atoms with Crippen LogP contribution in [0.2, 0.25) is 0 Å². The van der Waals surface area contributed by atoms with Crippen molar-refractivity contribution in [1.82, 2.24) is 15.1 Å². The molecule has 0 saturated carbocycles. The largest absolute Gasteiger partial charge is 0.357 e. The van der Waals surface area contributed by atoms with Crippen LogP contribution in [0.3, 0.4) is 0 Å². The number of hydrogen-bond acceptors (Lipinski definition) is 2. The molecule has 1 aromatic rings. The molecule has 1 N–H and O–H groups in total. The van der Waals surface area contributed by atoms with Gasteiger partial charge in [-0.1, -0.05) is 36.4 Å².